The zero-order chi connectivity index (χ0) is 23.6. The number of amides is 1. The summed E-state index contributed by atoms with van der Waals surface area (Å²) in [6.45, 7) is 4.57. The summed E-state index contributed by atoms with van der Waals surface area (Å²) in [7, 11) is -3.37. The van der Waals surface area contributed by atoms with E-state index in [1.165, 1.54) is 0 Å². The molecule has 2 fully saturated rings. The van der Waals surface area contributed by atoms with Gasteiger partial charge in [-0.1, -0.05) is 24.6 Å². The normalized spacial score (nSPS) is 20.3. The lowest BCUT2D eigenvalue weighted by Gasteiger charge is -2.42. The van der Waals surface area contributed by atoms with E-state index >= 15 is 0 Å². The summed E-state index contributed by atoms with van der Waals surface area (Å²) in [5.74, 6) is 0.872. The Morgan fingerprint density at radius 2 is 1.76 bits per heavy atom. The predicted octanol–water partition coefficient (Wildman–Crippen LogP) is 3.55. The quantitative estimate of drug-likeness (QED) is 0.615. The molecular formula is C24H31ClN4O3S. The Bertz CT molecular complexity index is 1100. The van der Waals surface area contributed by atoms with Crippen LogP contribution in [0.4, 0.5) is 5.95 Å². The molecule has 33 heavy (non-hydrogen) atoms. The Labute approximate surface area is 201 Å². The second-order valence-electron chi connectivity index (χ2n) is 9.07. The number of sulfone groups is 1. The number of carbonyl (C=O) groups is 1. The molecule has 1 aromatic carbocycles. The Hall–Kier alpha value is -2.19. The van der Waals surface area contributed by atoms with E-state index in [1.807, 2.05) is 12.4 Å². The predicted molar refractivity (Wildman–Crippen MR) is 129 cm³/mol. The second kappa shape index (κ2) is 9.97. The van der Waals surface area contributed by atoms with Crippen molar-refractivity contribution in [2.24, 2.45) is 5.92 Å². The summed E-state index contributed by atoms with van der Waals surface area (Å²) in [6, 6.07) is 5.24. The Kier molecular flexibility index (Phi) is 7.24. The average molecular weight is 491 g/mol. The Morgan fingerprint density at radius 1 is 1.06 bits per heavy atom. The first-order chi connectivity index (χ1) is 15.8. The van der Waals surface area contributed by atoms with Gasteiger partial charge in [-0.2, -0.15) is 0 Å². The topological polar surface area (TPSA) is 83.5 Å². The fourth-order valence-electron chi connectivity index (χ4n) is 4.86. The van der Waals surface area contributed by atoms with E-state index in [-0.39, 0.29) is 27.8 Å². The van der Waals surface area contributed by atoms with Crippen molar-refractivity contribution < 1.29 is 13.2 Å². The molecule has 9 heteroatoms. The highest BCUT2D eigenvalue weighted by Crippen LogP contribution is 2.30. The molecule has 2 aliphatic rings. The molecule has 7 nitrogen and oxygen atoms in total. The van der Waals surface area contributed by atoms with Gasteiger partial charge in [-0.25, -0.2) is 18.4 Å². The van der Waals surface area contributed by atoms with Gasteiger partial charge in [0.15, 0.2) is 9.84 Å². The van der Waals surface area contributed by atoms with Gasteiger partial charge in [0.1, 0.15) is 0 Å². The number of carbonyl (C=O) groups excluding carboxylic acids is 1. The number of hydrogen-bond acceptors (Lipinski definition) is 6. The number of aromatic nitrogens is 2. The number of nitrogens with zero attached hydrogens (tertiary/aromatic N) is 4. The highest BCUT2D eigenvalue weighted by molar-refractivity contribution is 7.90. The third-order valence-corrected chi connectivity index (χ3v) is 8.33. The molecule has 2 aromatic rings. The SMILES string of the molecule is CCc1cnc(N2CCC(N3CCC[C@H](Cc4ccc(S(C)(=O)=O)c(Cl)c4)C3=O)CC2)nc1. The molecule has 1 aromatic heterocycles. The maximum atomic E-state index is 13.3. The van der Waals surface area contributed by atoms with Crippen molar-refractivity contribution in [3.63, 3.8) is 0 Å². The molecule has 0 unspecified atom stereocenters. The lowest BCUT2D eigenvalue weighted by Crippen LogP contribution is -2.52. The van der Waals surface area contributed by atoms with Crippen LogP contribution in [0.15, 0.2) is 35.5 Å². The summed E-state index contributed by atoms with van der Waals surface area (Å²) in [4.78, 5) is 26.7. The highest BCUT2D eigenvalue weighted by Gasteiger charge is 2.35. The molecule has 0 N–H and O–H groups in total. The molecule has 2 saturated heterocycles. The van der Waals surface area contributed by atoms with Gasteiger partial charge in [0.25, 0.3) is 0 Å². The summed E-state index contributed by atoms with van der Waals surface area (Å²) < 4.78 is 23.6. The zero-order valence-corrected chi connectivity index (χ0v) is 20.8. The van der Waals surface area contributed by atoms with Crippen LogP contribution in [0.5, 0.6) is 0 Å². The van der Waals surface area contributed by atoms with Crippen molar-refractivity contribution in [1.82, 2.24) is 14.9 Å². The first kappa shape index (κ1) is 24.0. The van der Waals surface area contributed by atoms with Crippen LogP contribution in [-0.4, -0.2) is 61.1 Å². The van der Waals surface area contributed by atoms with Crippen LogP contribution in [0.2, 0.25) is 5.02 Å². The number of likely N-dealkylation sites (tertiary alicyclic amines) is 1. The number of benzene rings is 1. The van der Waals surface area contributed by atoms with E-state index in [0.29, 0.717) is 6.42 Å². The van der Waals surface area contributed by atoms with E-state index in [4.69, 9.17) is 11.6 Å². The molecule has 0 radical (unpaired) electrons. The molecule has 1 atom stereocenters. The zero-order valence-electron chi connectivity index (χ0n) is 19.2. The third-order valence-electron chi connectivity index (χ3n) is 6.75. The van der Waals surface area contributed by atoms with Crippen molar-refractivity contribution >= 4 is 33.3 Å². The first-order valence-corrected chi connectivity index (χ1v) is 13.9. The smallest absolute Gasteiger partial charge is 0.226 e. The van der Waals surface area contributed by atoms with E-state index in [0.717, 1.165) is 75.1 Å². The van der Waals surface area contributed by atoms with Gasteiger partial charge in [0, 0.05) is 50.2 Å². The van der Waals surface area contributed by atoms with Gasteiger partial charge >= 0.3 is 0 Å². The van der Waals surface area contributed by atoms with E-state index in [2.05, 4.69) is 26.7 Å². The van der Waals surface area contributed by atoms with Gasteiger partial charge in [-0.05, 0) is 61.8 Å². The van der Waals surface area contributed by atoms with Crippen molar-refractivity contribution in [2.75, 3.05) is 30.8 Å². The molecule has 0 aliphatic carbocycles. The second-order valence-corrected chi connectivity index (χ2v) is 11.5. The monoisotopic (exact) mass is 490 g/mol. The highest BCUT2D eigenvalue weighted by atomic mass is 35.5. The maximum Gasteiger partial charge on any atom is 0.226 e. The molecule has 0 bridgehead atoms. The largest absolute Gasteiger partial charge is 0.341 e. The number of piperidine rings is 2. The van der Waals surface area contributed by atoms with E-state index < -0.39 is 9.84 Å². The maximum absolute atomic E-state index is 13.3. The number of halogens is 1. The van der Waals surface area contributed by atoms with E-state index in [1.54, 1.807) is 18.2 Å². The molecule has 2 aliphatic heterocycles. The van der Waals surface area contributed by atoms with Crippen LogP contribution in [0.3, 0.4) is 0 Å². The lowest BCUT2D eigenvalue weighted by molar-refractivity contribution is -0.141. The average Bonchev–Trinajstić information content (AvgIpc) is 2.80. The summed E-state index contributed by atoms with van der Waals surface area (Å²) in [5, 5.41) is 0.219. The minimum absolute atomic E-state index is 0.0955. The van der Waals surface area contributed by atoms with Gasteiger partial charge in [0.05, 0.1) is 9.92 Å². The van der Waals surface area contributed by atoms with Crippen LogP contribution >= 0.6 is 11.6 Å². The number of anilines is 1. The minimum Gasteiger partial charge on any atom is -0.341 e. The van der Waals surface area contributed by atoms with Crippen LogP contribution in [0.1, 0.15) is 43.7 Å². The number of aryl methyl sites for hydroxylation is 1. The third kappa shape index (κ3) is 5.49. The van der Waals surface area contributed by atoms with Crippen molar-refractivity contribution in [1.29, 1.82) is 0 Å². The molecule has 4 rings (SSSR count). The molecule has 0 saturated carbocycles. The summed E-state index contributed by atoms with van der Waals surface area (Å²) in [5.41, 5.74) is 2.03. The minimum atomic E-state index is -3.37. The van der Waals surface area contributed by atoms with Crippen LogP contribution in [0.25, 0.3) is 0 Å². The summed E-state index contributed by atoms with van der Waals surface area (Å²) >= 11 is 6.21. The Morgan fingerprint density at radius 3 is 2.36 bits per heavy atom. The van der Waals surface area contributed by atoms with Crippen molar-refractivity contribution in [3.8, 4) is 0 Å². The number of hydrogen-bond donors (Lipinski definition) is 0. The fraction of sp³-hybridized carbons (Fsp3) is 0.542. The van der Waals surface area contributed by atoms with Gasteiger partial charge in [-0.15, -0.1) is 0 Å². The molecule has 0 spiro atoms. The van der Waals surface area contributed by atoms with Gasteiger partial charge < -0.3 is 9.80 Å². The van der Waals surface area contributed by atoms with Crippen molar-refractivity contribution in [3.05, 3.63) is 46.7 Å². The van der Waals surface area contributed by atoms with Crippen LogP contribution < -0.4 is 4.90 Å². The van der Waals surface area contributed by atoms with Crippen LogP contribution in [0, 0.1) is 5.92 Å². The van der Waals surface area contributed by atoms with Crippen LogP contribution in [-0.2, 0) is 27.5 Å². The fourth-order valence-corrected chi connectivity index (χ4v) is 6.21. The van der Waals surface area contributed by atoms with Gasteiger partial charge in [0.2, 0.25) is 11.9 Å². The Balaban J connectivity index is 1.37. The molecule has 1 amide bonds. The lowest BCUT2D eigenvalue weighted by atomic mass is 9.88. The standard InChI is InChI=1S/C24H31ClN4O3S/c1-3-17-15-26-24(27-16-17)28-11-8-20(9-12-28)29-10-4-5-19(23(29)30)13-18-6-7-22(21(25)14-18)33(2,31)32/h6-7,14-16,19-20H,3-5,8-13H2,1-2H3/t19-/m1/s1. The first-order valence-electron chi connectivity index (χ1n) is 11.6. The van der Waals surface area contributed by atoms with E-state index in [9.17, 15) is 13.2 Å². The molecular weight excluding hydrogens is 460 g/mol. The molecule has 178 valence electrons. The van der Waals surface area contributed by atoms with Gasteiger partial charge in [-0.3, -0.25) is 4.79 Å². The van der Waals surface area contributed by atoms with Crippen molar-refractivity contribution in [2.45, 2.75) is 56.4 Å². The number of rotatable bonds is 6. The summed E-state index contributed by atoms with van der Waals surface area (Å²) in [6.07, 6.45) is 10.1. The molecule has 3 heterocycles.